The summed E-state index contributed by atoms with van der Waals surface area (Å²) >= 11 is 0. The zero-order valence-electron chi connectivity index (χ0n) is 9.72. The first kappa shape index (κ1) is 10.9. The number of piperidine rings is 2. The van der Waals surface area contributed by atoms with Crippen LogP contribution in [0.3, 0.4) is 0 Å². The first-order valence-electron chi connectivity index (χ1n) is 5.63. The Morgan fingerprint density at radius 1 is 1.47 bits per heavy atom. The van der Waals surface area contributed by atoms with Crippen LogP contribution in [0.15, 0.2) is 0 Å². The van der Waals surface area contributed by atoms with Crippen LogP contribution < -0.4 is 10.6 Å². The molecule has 3 heterocycles. The van der Waals surface area contributed by atoms with Crippen LogP contribution >= 0.6 is 0 Å². The van der Waals surface area contributed by atoms with Crippen LogP contribution in [0, 0.1) is 0 Å². The van der Waals surface area contributed by atoms with Gasteiger partial charge in [-0.15, -0.1) is 0 Å². The number of ether oxygens (including phenoxy) is 1. The maximum absolute atomic E-state index is 12.1. The topological polar surface area (TPSA) is 50.4 Å². The van der Waals surface area contributed by atoms with Crippen molar-refractivity contribution >= 4 is 5.97 Å². The van der Waals surface area contributed by atoms with Gasteiger partial charge in [0, 0.05) is 19.1 Å². The van der Waals surface area contributed by atoms with Gasteiger partial charge in [-0.2, -0.15) is 0 Å². The number of nitrogens with one attached hydrogen (secondary N) is 2. The average Bonchev–Trinajstić information content (AvgIpc) is 2.18. The molecule has 86 valence electrons. The van der Waals surface area contributed by atoms with E-state index in [0.717, 1.165) is 19.4 Å². The Labute approximate surface area is 90.8 Å². The molecule has 0 aromatic carbocycles. The predicted molar refractivity (Wildman–Crippen MR) is 57.6 cm³/mol. The SMILES string of the molecule is CC(C)(C)OC(=O)C12CCC(CN1)NC2. The van der Waals surface area contributed by atoms with Crippen LogP contribution in [-0.4, -0.2) is 36.2 Å². The predicted octanol–water partition coefficient (Wildman–Crippen LogP) is 0.422. The van der Waals surface area contributed by atoms with Gasteiger partial charge in [0.25, 0.3) is 0 Å². The highest BCUT2D eigenvalue weighted by atomic mass is 16.6. The molecule has 4 heteroatoms. The van der Waals surface area contributed by atoms with E-state index in [0.29, 0.717) is 12.6 Å². The van der Waals surface area contributed by atoms with Crippen LogP contribution in [0.5, 0.6) is 0 Å². The summed E-state index contributed by atoms with van der Waals surface area (Å²) in [5.41, 5.74) is -0.871. The maximum atomic E-state index is 12.1. The maximum Gasteiger partial charge on any atom is 0.328 e. The van der Waals surface area contributed by atoms with Crippen molar-refractivity contribution < 1.29 is 9.53 Å². The summed E-state index contributed by atoms with van der Waals surface area (Å²) in [7, 11) is 0. The molecule has 0 aliphatic carbocycles. The third-order valence-electron chi connectivity index (χ3n) is 3.09. The fourth-order valence-corrected chi connectivity index (χ4v) is 2.20. The van der Waals surface area contributed by atoms with Crippen molar-refractivity contribution in [1.29, 1.82) is 0 Å². The Bertz CT molecular complexity index is 248. The minimum Gasteiger partial charge on any atom is -0.459 e. The molecule has 0 aromatic heterocycles. The van der Waals surface area contributed by atoms with Crippen molar-refractivity contribution in [3.05, 3.63) is 0 Å². The molecule has 15 heavy (non-hydrogen) atoms. The molecular weight excluding hydrogens is 192 g/mol. The average molecular weight is 212 g/mol. The smallest absolute Gasteiger partial charge is 0.328 e. The molecule has 0 spiro atoms. The Balaban J connectivity index is 2.05. The van der Waals surface area contributed by atoms with Gasteiger partial charge in [0.1, 0.15) is 11.1 Å². The first-order chi connectivity index (χ1) is 6.91. The highest BCUT2D eigenvalue weighted by molar-refractivity contribution is 5.82. The lowest BCUT2D eigenvalue weighted by Gasteiger charge is -2.46. The molecule has 3 fully saturated rings. The summed E-state index contributed by atoms with van der Waals surface area (Å²) in [6.07, 6.45) is 1.95. The fourth-order valence-electron chi connectivity index (χ4n) is 2.20. The molecule has 2 atom stereocenters. The molecule has 0 radical (unpaired) electrons. The molecule has 3 rings (SSSR count). The first-order valence-corrected chi connectivity index (χ1v) is 5.63. The standard InChI is InChI=1S/C11H20N2O2/c1-10(2,3)15-9(14)11-5-4-8(6-13-11)12-7-11/h8,12-13H,4-7H2,1-3H3. The molecule has 3 saturated heterocycles. The monoisotopic (exact) mass is 212 g/mol. The van der Waals surface area contributed by atoms with Crippen molar-refractivity contribution in [1.82, 2.24) is 10.6 Å². The van der Waals surface area contributed by atoms with Crippen LogP contribution in [-0.2, 0) is 9.53 Å². The van der Waals surface area contributed by atoms with Crippen molar-refractivity contribution in [3.8, 4) is 0 Å². The zero-order chi connectivity index (χ0) is 11.1. The highest BCUT2D eigenvalue weighted by Crippen LogP contribution is 2.27. The Hall–Kier alpha value is -0.610. The lowest BCUT2D eigenvalue weighted by Crippen LogP contribution is -2.71. The van der Waals surface area contributed by atoms with E-state index < -0.39 is 11.1 Å². The van der Waals surface area contributed by atoms with E-state index in [-0.39, 0.29) is 5.97 Å². The number of esters is 1. The van der Waals surface area contributed by atoms with Gasteiger partial charge in [0.2, 0.25) is 0 Å². The Kier molecular flexibility index (Phi) is 2.51. The van der Waals surface area contributed by atoms with Gasteiger partial charge >= 0.3 is 5.97 Å². The molecule has 2 bridgehead atoms. The summed E-state index contributed by atoms with van der Waals surface area (Å²) in [5.74, 6) is -0.111. The van der Waals surface area contributed by atoms with E-state index >= 15 is 0 Å². The van der Waals surface area contributed by atoms with Crippen LogP contribution in [0.1, 0.15) is 33.6 Å². The number of carbonyl (C=O) groups is 1. The number of rotatable bonds is 1. The van der Waals surface area contributed by atoms with Gasteiger partial charge in [0.05, 0.1) is 0 Å². The molecule has 3 aliphatic heterocycles. The molecular formula is C11H20N2O2. The molecule has 3 aliphatic rings. The second-order valence-electron chi connectivity index (χ2n) is 5.58. The van der Waals surface area contributed by atoms with Gasteiger partial charge < -0.3 is 10.1 Å². The van der Waals surface area contributed by atoms with E-state index in [1.165, 1.54) is 0 Å². The van der Waals surface area contributed by atoms with Gasteiger partial charge in [0.15, 0.2) is 0 Å². The van der Waals surface area contributed by atoms with Crippen LogP contribution in [0.25, 0.3) is 0 Å². The fraction of sp³-hybridized carbons (Fsp3) is 0.909. The van der Waals surface area contributed by atoms with Crippen molar-refractivity contribution in [2.75, 3.05) is 13.1 Å². The number of fused-ring (bicyclic) bond motifs is 3. The van der Waals surface area contributed by atoms with E-state index in [1.807, 2.05) is 20.8 Å². The Morgan fingerprint density at radius 2 is 2.20 bits per heavy atom. The van der Waals surface area contributed by atoms with E-state index in [2.05, 4.69) is 10.6 Å². The number of carbonyl (C=O) groups excluding carboxylic acids is 1. The van der Waals surface area contributed by atoms with Crippen LogP contribution in [0.2, 0.25) is 0 Å². The van der Waals surface area contributed by atoms with Gasteiger partial charge in [-0.1, -0.05) is 0 Å². The van der Waals surface area contributed by atoms with E-state index in [9.17, 15) is 4.79 Å². The second kappa shape index (κ2) is 3.46. The molecule has 0 aromatic rings. The second-order valence-corrected chi connectivity index (χ2v) is 5.58. The third-order valence-corrected chi connectivity index (χ3v) is 3.09. The normalized spacial score (nSPS) is 35.3. The van der Waals surface area contributed by atoms with Gasteiger partial charge in [-0.25, -0.2) is 4.79 Å². The van der Waals surface area contributed by atoms with Crippen LogP contribution in [0.4, 0.5) is 0 Å². The number of hydrogen-bond donors (Lipinski definition) is 2. The molecule has 0 amide bonds. The molecule has 0 saturated carbocycles. The minimum absolute atomic E-state index is 0.111. The van der Waals surface area contributed by atoms with Crippen molar-refractivity contribution in [2.24, 2.45) is 0 Å². The van der Waals surface area contributed by atoms with Gasteiger partial charge in [-0.3, -0.25) is 5.32 Å². The largest absolute Gasteiger partial charge is 0.459 e. The molecule has 2 N–H and O–H groups in total. The lowest BCUT2D eigenvalue weighted by molar-refractivity contribution is -0.166. The summed E-state index contributed by atoms with van der Waals surface area (Å²) in [6, 6.07) is 0.536. The van der Waals surface area contributed by atoms with Crippen molar-refractivity contribution in [3.63, 3.8) is 0 Å². The molecule has 4 nitrogen and oxygen atoms in total. The third kappa shape index (κ3) is 2.16. The van der Waals surface area contributed by atoms with Crippen molar-refractivity contribution in [2.45, 2.75) is 50.8 Å². The quantitative estimate of drug-likeness (QED) is 0.619. The number of hydrogen-bond acceptors (Lipinski definition) is 4. The van der Waals surface area contributed by atoms with E-state index in [1.54, 1.807) is 0 Å². The number of piperazine rings is 1. The molecule has 2 unspecified atom stereocenters. The highest BCUT2D eigenvalue weighted by Gasteiger charge is 2.47. The zero-order valence-corrected chi connectivity index (χ0v) is 9.72. The Morgan fingerprint density at radius 3 is 2.60 bits per heavy atom. The lowest BCUT2D eigenvalue weighted by atomic mass is 9.82. The summed E-state index contributed by atoms with van der Waals surface area (Å²) in [6.45, 7) is 7.29. The minimum atomic E-state index is -0.470. The summed E-state index contributed by atoms with van der Waals surface area (Å²) < 4.78 is 5.45. The summed E-state index contributed by atoms with van der Waals surface area (Å²) in [5, 5.41) is 6.68. The van der Waals surface area contributed by atoms with Gasteiger partial charge in [-0.05, 0) is 33.6 Å². The van der Waals surface area contributed by atoms with E-state index in [4.69, 9.17) is 4.74 Å². The summed E-state index contributed by atoms with van der Waals surface area (Å²) in [4.78, 5) is 12.1.